The number of amides is 1. The Morgan fingerprint density at radius 1 is 1.06 bits per heavy atom. The van der Waals surface area contributed by atoms with Gasteiger partial charge in [0.15, 0.2) is 5.15 Å². The molecule has 32 heavy (non-hydrogen) atoms. The highest BCUT2D eigenvalue weighted by Gasteiger charge is 2.21. The van der Waals surface area contributed by atoms with E-state index in [4.69, 9.17) is 34.8 Å². The summed E-state index contributed by atoms with van der Waals surface area (Å²) < 4.78 is 40.2. The third-order valence-electron chi connectivity index (χ3n) is 4.46. The number of hydrogen-bond donors (Lipinski definition) is 1. The lowest BCUT2D eigenvalue weighted by molar-refractivity contribution is 0.0978. The van der Waals surface area contributed by atoms with Crippen LogP contribution in [0.25, 0.3) is 27.7 Å². The summed E-state index contributed by atoms with van der Waals surface area (Å²) in [6.45, 7) is 0. The highest BCUT2D eigenvalue weighted by Crippen LogP contribution is 2.33. The molecule has 0 atom stereocenters. The smallest absolute Gasteiger partial charge is 0.267 e. The monoisotopic (exact) mass is 512 g/mol. The highest BCUT2D eigenvalue weighted by molar-refractivity contribution is 7.89. The molecule has 4 aromatic rings. The Labute approximate surface area is 196 Å². The summed E-state index contributed by atoms with van der Waals surface area (Å²) in [4.78, 5) is 16.1. The summed E-state index contributed by atoms with van der Waals surface area (Å²) in [6, 6.07) is 9.07. The van der Waals surface area contributed by atoms with E-state index in [2.05, 4.69) is 10.1 Å². The zero-order valence-corrected chi connectivity index (χ0v) is 19.2. The summed E-state index contributed by atoms with van der Waals surface area (Å²) in [5.74, 6) is -2.12. The molecule has 0 unspecified atom stereocenters. The molecule has 12 heteroatoms. The molecule has 2 heterocycles. The number of nitrogens with one attached hydrogen (secondary N) is 1. The molecule has 164 valence electrons. The second kappa shape index (κ2) is 8.32. The number of carbonyl (C=O) groups excluding carboxylic acids is 1. The number of sulfonamides is 1. The Balaban J connectivity index is 1.80. The Hall–Kier alpha value is -2.72. The lowest BCUT2D eigenvalue weighted by Gasteiger charge is -2.10. The zero-order chi connectivity index (χ0) is 23.2. The average molecular weight is 514 g/mol. The molecule has 2 aromatic heterocycles. The SMILES string of the molecule is CS(=O)(=O)NC(=O)c1cc(Cl)c(-n2nc(Cl)c3cc(-c4cncc(Cl)c4)ccc32)cc1F. The van der Waals surface area contributed by atoms with Crippen molar-refractivity contribution in [3.63, 3.8) is 0 Å². The van der Waals surface area contributed by atoms with Crippen molar-refractivity contribution in [2.75, 3.05) is 6.26 Å². The van der Waals surface area contributed by atoms with Gasteiger partial charge in [0.2, 0.25) is 10.0 Å². The molecule has 0 aliphatic heterocycles. The first-order valence-electron chi connectivity index (χ1n) is 8.84. The minimum Gasteiger partial charge on any atom is -0.268 e. The Morgan fingerprint density at radius 3 is 2.50 bits per heavy atom. The first-order valence-corrected chi connectivity index (χ1v) is 11.9. The van der Waals surface area contributed by atoms with Gasteiger partial charge in [0.05, 0.1) is 33.1 Å². The molecule has 4 rings (SSSR count). The molecule has 0 radical (unpaired) electrons. The van der Waals surface area contributed by atoms with Gasteiger partial charge < -0.3 is 0 Å². The van der Waals surface area contributed by atoms with E-state index >= 15 is 0 Å². The minimum absolute atomic E-state index is 0.0331. The predicted molar refractivity (Wildman–Crippen MR) is 122 cm³/mol. The number of hydrogen-bond acceptors (Lipinski definition) is 5. The second-order valence-electron chi connectivity index (χ2n) is 6.81. The summed E-state index contributed by atoms with van der Waals surface area (Å²) in [5, 5.41) is 5.40. The van der Waals surface area contributed by atoms with Crippen molar-refractivity contribution in [3.05, 3.63) is 75.4 Å². The normalized spacial score (nSPS) is 11.7. The van der Waals surface area contributed by atoms with Crippen molar-refractivity contribution in [1.29, 1.82) is 0 Å². The van der Waals surface area contributed by atoms with Gasteiger partial charge in [-0.15, -0.1) is 0 Å². The molecule has 0 saturated carbocycles. The molecular weight excluding hydrogens is 502 g/mol. The first kappa shape index (κ1) is 22.5. The molecule has 0 aliphatic carbocycles. The number of rotatable bonds is 4. The van der Waals surface area contributed by atoms with Crippen LogP contribution < -0.4 is 4.72 Å². The average Bonchev–Trinajstić information content (AvgIpc) is 3.04. The molecule has 0 spiro atoms. The topological polar surface area (TPSA) is 94.0 Å². The third kappa shape index (κ3) is 4.42. The third-order valence-corrected chi connectivity index (χ3v) is 5.81. The van der Waals surface area contributed by atoms with Gasteiger partial charge >= 0.3 is 0 Å². The summed E-state index contributed by atoms with van der Waals surface area (Å²) in [7, 11) is -3.88. The van der Waals surface area contributed by atoms with Crippen molar-refractivity contribution in [3.8, 4) is 16.8 Å². The number of halogens is 4. The van der Waals surface area contributed by atoms with E-state index in [1.165, 1.54) is 10.9 Å². The van der Waals surface area contributed by atoms with Crippen LogP contribution in [0.5, 0.6) is 0 Å². The van der Waals surface area contributed by atoms with Crippen LogP contribution in [0.1, 0.15) is 10.4 Å². The fourth-order valence-corrected chi connectivity index (χ4v) is 4.20. The lowest BCUT2D eigenvalue weighted by atomic mass is 10.1. The van der Waals surface area contributed by atoms with E-state index in [0.29, 0.717) is 15.9 Å². The van der Waals surface area contributed by atoms with Gasteiger partial charge in [-0.05, 0) is 29.8 Å². The van der Waals surface area contributed by atoms with Gasteiger partial charge in [0, 0.05) is 29.4 Å². The van der Waals surface area contributed by atoms with Crippen molar-refractivity contribution in [2.45, 2.75) is 0 Å². The molecule has 0 saturated heterocycles. The number of fused-ring (bicyclic) bond motifs is 1. The van der Waals surface area contributed by atoms with Gasteiger partial charge in [-0.1, -0.05) is 40.9 Å². The van der Waals surface area contributed by atoms with E-state index in [0.717, 1.165) is 29.5 Å². The largest absolute Gasteiger partial charge is 0.268 e. The van der Waals surface area contributed by atoms with Crippen molar-refractivity contribution >= 4 is 61.6 Å². The fourth-order valence-electron chi connectivity index (χ4n) is 3.11. The molecule has 0 aliphatic rings. The molecule has 0 fully saturated rings. The molecular formula is C20H12Cl3FN4O3S. The minimum atomic E-state index is -3.88. The maximum Gasteiger partial charge on any atom is 0.267 e. The van der Waals surface area contributed by atoms with Crippen LogP contribution in [0.2, 0.25) is 15.2 Å². The zero-order valence-electron chi connectivity index (χ0n) is 16.1. The lowest BCUT2D eigenvalue weighted by Crippen LogP contribution is -2.30. The van der Waals surface area contributed by atoms with E-state index in [1.54, 1.807) is 35.2 Å². The number of nitrogens with zero attached hydrogens (tertiary/aromatic N) is 3. The fraction of sp³-hybridized carbons (Fsp3) is 0.0500. The number of benzene rings is 2. The number of pyridine rings is 1. The maximum absolute atomic E-state index is 14.7. The second-order valence-corrected chi connectivity index (χ2v) is 9.76. The van der Waals surface area contributed by atoms with Crippen LogP contribution in [0, 0.1) is 5.82 Å². The Bertz CT molecular complexity index is 1510. The van der Waals surface area contributed by atoms with Crippen molar-refractivity contribution in [2.24, 2.45) is 0 Å². The molecule has 7 nitrogen and oxygen atoms in total. The van der Waals surface area contributed by atoms with Crippen LogP contribution in [0.4, 0.5) is 4.39 Å². The van der Waals surface area contributed by atoms with E-state index < -0.39 is 27.3 Å². The van der Waals surface area contributed by atoms with E-state index in [1.807, 2.05) is 0 Å². The first-order chi connectivity index (χ1) is 15.0. The van der Waals surface area contributed by atoms with Gasteiger partial charge in [-0.3, -0.25) is 9.78 Å². The van der Waals surface area contributed by atoms with Gasteiger partial charge in [-0.25, -0.2) is 22.2 Å². The van der Waals surface area contributed by atoms with Crippen LogP contribution in [-0.2, 0) is 10.0 Å². The van der Waals surface area contributed by atoms with Gasteiger partial charge in [0.1, 0.15) is 5.82 Å². The van der Waals surface area contributed by atoms with Crippen LogP contribution in [0.3, 0.4) is 0 Å². The maximum atomic E-state index is 14.7. The Morgan fingerprint density at radius 2 is 1.81 bits per heavy atom. The molecule has 1 N–H and O–H groups in total. The molecule has 1 amide bonds. The summed E-state index contributed by atoms with van der Waals surface area (Å²) >= 11 is 18.6. The van der Waals surface area contributed by atoms with E-state index in [9.17, 15) is 17.6 Å². The Kier molecular flexibility index (Phi) is 5.85. The standard InChI is InChI=1S/C20H12Cl3FN4O3S/c1-32(30,31)27-20(29)13-6-15(22)18(7-16(13)24)28-17-3-2-10(5-14(17)19(23)26-28)11-4-12(21)9-25-8-11/h2-9H,1H3,(H,27,29). The van der Waals surface area contributed by atoms with Crippen LogP contribution >= 0.6 is 34.8 Å². The summed E-state index contributed by atoms with van der Waals surface area (Å²) in [5.41, 5.74) is 1.69. The molecule has 2 aromatic carbocycles. The molecule has 0 bridgehead atoms. The van der Waals surface area contributed by atoms with Gasteiger partial charge in [0.25, 0.3) is 5.91 Å². The quantitative estimate of drug-likeness (QED) is 0.420. The van der Waals surface area contributed by atoms with E-state index in [-0.39, 0.29) is 15.9 Å². The number of aromatic nitrogens is 3. The predicted octanol–water partition coefficient (Wildman–Crippen LogP) is 4.88. The highest BCUT2D eigenvalue weighted by atomic mass is 35.5. The van der Waals surface area contributed by atoms with Crippen LogP contribution in [-0.4, -0.2) is 35.3 Å². The number of carbonyl (C=O) groups is 1. The van der Waals surface area contributed by atoms with Crippen molar-refractivity contribution in [1.82, 2.24) is 19.5 Å². The van der Waals surface area contributed by atoms with Gasteiger partial charge in [-0.2, -0.15) is 5.10 Å². The van der Waals surface area contributed by atoms with Crippen molar-refractivity contribution < 1.29 is 17.6 Å². The van der Waals surface area contributed by atoms with Crippen LogP contribution in [0.15, 0.2) is 48.8 Å². The summed E-state index contributed by atoms with van der Waals surface area (Å²) in [6.07, 6.45) is 3.95.